The maximum absolute atomic E-state index is 13.8. The summed E-state index contributed by atoms with van der Waals surface area (Å²) in [5, 5.41) is 15.6. The summed E-state index contributed by atoms with van der Waals surface area (Å²) >= 11 is 0. The van der Waals surface area contributed by atoms with Gasteiger partial charge in [0.25, 0.3) is 0 Å². The molecule has 3 heterocycles. The third kappa shape index (κ3) is 6.89. The first-order valence-electron chi connectivity index (χ1n) is 13.7. The quantitative estimate of drug-likeness (QED) is 0.449. The number of phenolic OH excluding ortho intramolecular Hbond substituents is 1. The van der Waals surface area contributed by atoms with Crippen LogP contribution in [0.15, 0.2) is 36.7 Å². The van der Waals surface area contributed by atoms with E-state index in [1.54, 1.807) is 53.3 Å². The van der Waals surface area contributed by atoms with E-state index in [1.165, 1.54) is 5.56 Å². The molecule has 2 aromatic rings. The molecular weight excluding hydrogens is 506 g/mol. The van der Waals surface area contributed by atoms with E-state index in [2.05, 4.69) is 15.6 Å². The highest BCUT2D eigenvalue weighted by Gasteiger charge is 2.33. The largest absolute Gasteiger partial charge is 0.509 e. The number of urea groups is 2. The van der Waals surface area contributed by atoms with E-state index in [9.17, 15) is 19.5 Å². The van der Waals surface area contributed by atoms with Crippen LogP contribution in [0.3, 0.4) is 0 Å². The number of carbonyl (C=O) groups excluding carboxylic acids is 3. The predicted molar refractivity (Wildman–Crippen MR) is 155 cm³/mol. The zero-order chi connectivity index (χ0) is 28.8. The predicted octanol–water partition coefficient (Wildman–Crippen LogP) is 0.137. The number of likely N-dealkylation sites (tertiary alicyclic amines) is 2. The second-order valence-electron chi connectivity index (χ2n) is 10.6. The molecule has 0 saturated carbocycles. The summed E-state index contributed by atoms with van der Waals surface area (Å²) in [6, 6.07) is 5.90. The molecule has 4 rings (SSSR count). The van der Waals surface area contributed by atoms with Gasteiger partial charge in [-0.3, -0.25) is 9.78 Å². The van der Waals surface area contributed by atoms with Crippen molar-refractivity contribution in [3.63, 3.8) is 0 Å². The highest BCUT2D eigenvalue weighted by Crippen LogP contribution is 2.28. The number of aromatic hydroxyl groups is 1. The van der Waals surface area contributed by atoms with Gasteiger partial charge in [-0.05, 0) is 54.9 Å². The standard InChI is InChI=1S/C28H36B2N6O4/c1-31-27(39)34(2)21-7-13-36(14-8-21)28(40)33-24(17-18-15-22(29)25(37)23(30)16-18)26(38)35-11-5-20(6-12-35)19-3-9-32-10-4-19/h3-4,9-10,15-16,20-21,24,37H,5-8,11-14,17H2,1-2H3,(H,31,39)(H,33,40)/t24-/m1/s1. The number of nitrogens with zero attached hydrogens (tertiary/aromatic N) is 4. The molecule has 5 amide bonds. The summed E-state index contributed by atoms with van der Waals surface area (Å²) in [5.74, 6) is -0.00887. The number of carbonyl (C=O) groups is 3. The number of benzene rings is 1. The van der Waals surface area contributed by atoms with Gasteiger partial charge in [0.05, 0.1) is 0 Å². The fraction of sp³-hybridized carbons (Fsp3) is 0.500. The lowest BCUT2D eigenvalue weighted by molar-refractivity contribution is -0.134. The molecule has 1 atom stereocenters. The summed E-state index contributed by atoms with van der Waals surface area (Å²) in [6.07, 6.45) is 6.68. The molecule has 40 heavy (non-hydrogen) atoms. The highest BCUT2D eigenvalue weighted by molar-refractivity contribution is 6.41. The van der Waals surface area contributed by atoms with Crippen molar-refractivity contribution in [2.45, 2.75) is 50.1 Å². The van der Waals surface area contributed by atoms with Crippen molar-refractivity contribution in [2.75, 3.05) is 40.3 Å². The van der Waals surface area contributed by atoms with Gasteiger partial charge in [-0.2, -0.15) is 0 Å². The van der Waals surface area contributed by atoms with Gasteiger partial charge in [-0.15, -0.1) is 0 Å². The van der Waals surface area contributed by atoms with Crippen LogP contribution < -0.4 is 21.6 Å². The lowest BCUT2D eigenvalue weighted by atomic mass is 9.83. The molecule has 3 N–H and O–H groups in total. The summed E-state index contributed by atoms with van der Waals surface area (Å²) in [4.78, 5) is 48.3. The molecule has 0 spiro atoms. The van der Waals surface area contributed by atoms with Gasteiger partial charge >= 0.3 is 12.1 Å². The Morgan fingerprint density at radius 3 is 2.17 bits per heavy atom. The van der Waals surface area contributed by atoms with Gasteiger partial charge in [0, 0.05) is 65.1 Å². The minimum atomic E-state index is -0.834. The summed E-state index contributed by atoms with van der Waals surface area (Å²) in [5.41, 5.74) is 2.09. The Morgan fingerprint density at radius 1 is 1.02 bits per heavy atom. The van der Waals surface area contributed by atoms with Crippen molar-refractivity contribution >= 4 is 44.6 Å². The van der Waals surface area contributed by atoms with E-state index in [1.807, 2.05) is 12.1 Å². The van der Waals surface area contributed by atoms with Gasteiger partial charge in [0.2, 0.25) is 5.91 Å². The van der Waals surface area contributed by atoms with E-state index in [0.717, 1.165) is 12.8 Å². The number of pyridine rings is 1. The van der Waals surface area contributed by atoms with Gasteiger partial charge in [0.15, 0.2) is 0 Å². The lowest BCUT2D eigenvalue weighted by Crippen LogP contribution is -2.56. The fourth-order valence-electron chi connectivity index (χ4n) is 5.63. The van der Waals surface area contributed by atoms with Crippen LogP contribution in [0.1, 0.15) is 42.7 Å². The Bertz CT molecular complexity index is 1180. The van der Waals surface area contributed by atoms with Crippen molar-refractivity contribution in [2.24, 2.45) is 0 Å². The summed E-state index contributed by atoms with van der Waals surface area (Å²) in [6.45, 7) is 2.09. The van der Waals surface area contributed by atoms with Crippen molar-refractivity contribution < 1.29 is 19.5 Å². The first-order chi connectivity index (χ1) is 19.2. The minimum Gasteiger partial charge on any atom is -0.509 e. The van der Waals surface area contributed by atoms with Crippen LogP contribution in [-0.4, -0.2) is 111 Å². The van der Waals surface area contributed by atoms with Crippen LogP contribution >= 0.6 is 0 Å². The fourth-order valence-corrected chi connectivity index (χ4v) is 5.63. The second kappa shape index (κ2) is 13.1. The first kappa shape index (κ1) is 29.3. The highest BCUT2D eigenvalue weighted by atomic mass is 16.3. The van der Waals surface area contributed by atoms with Crippen LogP contribution in [0.25, 0.3) is 0 Å². The Balaban J connectivity index is 1.44. The summed E-state index contributed by atoms with van der Waals surface area (Å²) < 4.78 is 0. The van der Waals surface area contributed by atoms with Crippen molar-refractivity contribution in [1.82, 2.24) is 30.3 Å². The van der Waals surface area contributed by atoms with Crippen molar-refractivity contribution in [3.8, 4) is 5.75 Å². The van der Waals surface area contributed by atoms with Crippen LogP contribution in [0.4, 0.5) is 9.59 Å². The van der Waals surface area contributed by atoms with Crippen LogP contribution in [-0.2, 0) is 11.2 Å². The van der Waals surface area contributed by atoms with Crippen molar-refractivity contribution in [1.29, 1.82) is 0 Å². The van der Waals surface area contributed by atoms with Crippen LogP contribution in [0.5, 0.6) is 5.75 Å². The molecule has 1 aromatic carbocycles. The molecule has 208 valence electrons. The molecule has 10 nitrogen and oxygen atoms in total. The first-order valence-corrected chi connectivity index (χ1v) is 13.7. The van der Waals surface area contributed by atoms with Crippen molar-refractivity contribution in [3.05, 3.63) is 47.8 Å². The van der Waals surface area contributed by atoms with E-state index < -0.39 is 6.04 Å². The van der Waals surface area contributed by atoms with Gasteiger partial charge in [-0.25, -0.2) is 9.59 Å². The van der Waals surface area contributed by atoms with Gasteiger partial charge in [-0.1, -0.05) is 23.1 Å². The monoisotopic (exact) mass is 542 g/mol. The topological polar surface area (TPSA) is 118 Å². The Hall–Kier alpha value is -3.69. The van der Waals surface area contributed by atoms with Gasteiger partial charge in [0.1, 0.15) is 27.5 Å². The Labute approximate surface area is 238 Å². The third-order valence-electron chi connectivity index (χ3n) is 8.08. The molecule has 0 unspecified atom stereocenters. The molecule has 0 aliphatic carbocycles. The maximum atomic E-state index is 13.8. The van der Waals surface area contributed by atoms with Crippen LogP contribution in [0.2, 0.25) is 0 Å². The molecule has 2 aliphatic heterocycles. The Morgan fingerprint density at radius 2 is 1.60 bits per heavy atom. The SMILES string of the molecule is [B]c1cc(C[C@@H](NC(=O)N2CCC(N(C)C(=O)NC)CC2)C(=O)N2CCC(c3ccncc3)CC2)cc([B])c1O. The average Bonchev–Trinajstić information content (AvgIpc) is 2.98. The summed E-state index contributed by atoms with van der Waals surface area (Å²) in [7, 11) is 15.2. The molecule has 2 fully saturated rings. The normalized spacial score (nSPS) is 17.2. The number of aromatic nitrogens is 1. The number of piperidine rings is 2. The van der Waals surface area contributed by atoms with Crippen LogP contribution in [0, 0.1) is 0 Å². The molecule has 1 aromatic heterocycles. The molecule has 12 heteroatoms. The Kier molecular flexibility index (Phi) is 9.60. The van der Waals surface area contributed by atoms with E-state index >= 15 is 0 Å². The number of nitrogens with one attached hydrogen (secondary N) is 2. The molecule has 2 saturated heterocycles. The third-order valence-corrected chi connectivity index (χ3v) is 8.08. The number of rotatable bonds is 6. The molecule has 0 bridgehead atoms. The number of amides is 5. The maximum Gasteiger partial charge on any atom is 0.318 e. The molecular formula is C28H36B2N6O4. The second-order valence-corrected chi connectivity index (χ2v) is 10.6. The average molecular weight is 542 g/mol. The minimum absolute atomic E-state index is 0.0334. The molecule has 4 radical (unpaired) electrons. The number of phenols is 1. The lowest BCUT2D eigenvalue weighted by Gasteiger charge is -2.38. The smallest absolute Gasteiger partial charge is 0.318 e. The van der Waals surface area contributed by atoms with E-state index in [0.29, 0.717) is 50.5 Å². The van der Waals surface area contributed by atoms with E-state index in [4.69, 9.17) is 15.7 Å². The number of hydrogen-bond acceptors (Lipinski definition) is 5. The zero-order valence-corrected chi connectivity index (χ0v) is 23.2. The van der Waals surface area contributed by atoms with E-state index in [-0.39, 0.29) is 47.1 Å². The number of hydrogen-bond donors (Lipinski definition) is 3. The molecule has 2 aliphatic rings. The van der Waals surface area contributed by atoms with Gasteiger partial charge < -0.3 is 30.4 Å². The zero-order valence-electron chi connectivity index (χ0n) is 23.2.